The van der Waals surface area contributed by atoms with Gasteiger partial charge in [0, 0.05) is 17.5 Å². The molecule has 2 rings (SSSR count). The molecule has 1 aromatic carbocycles. The summed E-state index contributed by atoms with van der Waals surface area (Å²) in [5.41, 5.74) is 4.23. The van der Waals surface area contributed by atoms with E-state index in [0.29, 0.717) is 10.7 Å². The lowest BCUT2D eigenvalue weighted by Gasteiger charge is -2.02. The number of benzene rings is 1. The molecule has 9 heteroatoms. The van der Waals surface area contributed by atoms with Crippen LogP contribution in [0.5, 0.6) is 0 Å². The average molecular weight is 345 g/mol. The number of nitrogens with one attached hydrogen (secondary N) is 1. The van der Waals surface area contributed by atoms with E-state index in [4.69, 9.17) is 0 Å². The Morgan fingerprint density at radius 2 is 2.00 bits per heavy atom. The zero-order valence-electron chi connectivity index (χ0n) is 13.1. The second-order valence-electron chi connectivity index (χ2n) is 4.83. The van der Waals surface area contributed by atoms with Gasteiger partial charge in [0.1, 0.15) is 0 Å². The van der Waals surface area contributed by atoms with Crippen molar-refractivity contribution in [2.75, 3.05) is 5.75 Å². The van der Waals surface area contributed by atoms with Gasteiger partial charge in [0.2, 0.25) is 0 Å². The van der Waals surface area contributed by atoms with Crippen LogP contribution in [0.1, 0.15) is 17.0 Å². The van der Waals surface area contributed by atoms with E-state index in [-0.39, 0.29) is 17.3 Å². The first kappa shape index (κ1) is 17.5. The number of nitro groups is 1. The largest absolute Gasteiger partial charge is 0.278 e. The molecule has 0 aliphatic rings. The number of aromatic nitrogens is 2. The van der Waals surface area contributed by atoms with Gasteiger partial charge in [-0.15, -0.1) is 0 Å². The molecule has 0 aliphatic carbocycles. The van der Waals surface area contributed by atoms with Gasteiger partial charge in [-0.3, -0.25) is 14.9 Å². The Bertz CT molecular complexity index is 774. The van der Waals surface area contributed by atoms with Gasteiger partial charge in [-0.1, -0.05) is 23.9 Å². The van der Waals surface area contributed by atoms with Crippen molar-refractivity contribution in [2.24, 2.45) is 5.10 Å². The lowest BCUT2D eigenvalue weighted by Crippen LogP contribution is -2.20. The molecule has 1 aromatic heterocycles. The third kappa shape index (κ3) is 5.13. The summed E-state index contributed by atoms with van der Waals surface area (Å²) in [4.78, 5) is 30.6. The van der Waals surface area contributed by atoms with Gasteiger partial charge < -0.3 is 0 Å². The van der Waals surface area contributed by atoms with Crippen LogP contribution in [0, 0.1) is 24.0 Å². The van der Waals surface area contributed by atoms with Gasteiger partial charge in [0.15, 0.2) is 5.16 Å². The summed E-state index contributed by atoms with van der Waals surface area (Å²) in [6, 6.07) is 7.99. The molecule has 0 unspecified atom stereocenters. The van der Waals surface area contributed by atoms with Gasteiger partial charge in [-0.25, -0.2) is 15.4 Å². The summed E-state index contributed by atoms with van der Waals surface area (Å²) >= 11 is 1.19. The monoisotopic (exact) mass is 345 g/mol. The first-order valence-electron chi connectivity index (χ1n) is 6.96. The normalized spacial score (nSPS) is 10.8. The highest BCUT2D eigenvalue weighted by atomic mass is 32.2. The maximum Gasteiger partial charge on any atom is 0.278 e. The highest BCUT2D eigenvalue weighted by Gasteiger charge is 2.10. The third-order valence-electron chi connectivity index (χ3n) is 2.82. The topological polar surface area (TPSA) is 110 Å². The maximum atomic E-state index is 11.8. The van der Waals surface area contributed by atoms with E-state index < -0.39 is 4.92 Å². The third-order valence-corrected chi connectivity index (χ3v) is 3.67. The summed E-state index contributed by atoms with van der Waals surface area (Å²) in [7, 11) is 0. The number of para-hydroxylation sites is 1. The van der Waals surface area contributed by atoms with Gasteiger partial charge in [-0.2, -0.15) is 5.10 Å². The molecule has 0 radical (unpaired) electrons. The highest BCUT2D eigenvalue weighted by Crippen LogP contribution is 2.15. The predicted molar refractivity (Wildman–Crippen MR) is 91.1 cm³/mol. The molecule has 1 heterocycles. The highest BCUT2D eigenvalue weighted by molar-refractivity contribution is 7.99. The van der Waals surface area contributed by atoms with Crippen LogP contribution in [0.2, 0.25) is 0 Å². The van der Waals surface area contributed by atoms with Gasteiger partial charge in [0.05, 0.1) is 22.5 Å². The number of carbonyl (C=O) groups is 1. The van der Waals surface area contributed by atoms with Crippen LogP contribution in [0.25, 0.3) is 0 Å². The quantitative estimate of drug-likeness (QED) is 0.283. The molecule has 8 nitrogen and oxygen atoms in total. The molecule has 0 saturated carbocycles. The fraction of sp³-hybridized carbons (Fsp3) is 0.200. The van der Waals surface area contributed by atoms with Crippen LogP contribution in [0.15, 0.2) is 40.6 Å². The van der Waals surface area contributed by atoms with Crippen LogP contribution in [-0.2, 0) is 4.79 Å². The van der Waals surface area contributed by atoms with Crippen LogP contribution in [0.4, 0.5) is 5.69 Å². The van der Waals surface area contributed by atoms with Crippen LogP contribution < -0.4 is 5.43 Å². The van der Waals surface area contributed by atoms with E-state index >= 15 is 0 Å². The van der Waals surface area contributed by atoms with E-state index in [9.17, 15) is 14.9 Å². The maximum absolute atomic E-state index is 11.8. The molecule has 0 fully saturated rings. The molecule has 124 valence electrons. The van der Waals surface area contributed by atoms with Crippen LogP contribution >= 0.6 is 11.8 Å². The standard InChI is InChI=1S/C15H15N5O3S/c1-10-7-11(2)18-15(17-10)24-9-14(21)19-16-8-12-5-3-4-6-13(12)20(22)23/h3-8H,9H2,1-2H3,(H,19,21)/b16-8+. The Balaban J connectivity index is 1.90. The molecule has 0 atom stereocenters. The number of carbonyl (C=O) groups excluding carboxylic acids is 1. The van der Waals surface area contributed by atoms with E-state index in [1.807, 2.05) is 19.9 Å². The second kappa shape index (κ2) is 8.16. The Hall–Kier alpha value is -2.81. The number of rotatable bonds is 6. The number of hydrogen-bond acceptors (Lipinski definition) is 7. The molecule has 1 N–H and O–H groups in total. The van der Waals surface area contributed by atoms with E-state index in [0.717, 1.165) is 11.4 Å². The number of nitrogens with zero attached hydrogens (tertiary/aromatic N) is 4. The zero-order chi connectivity index (χ0) is 17.5. The lowest BCUT2D eigenvalue weighted by molar-refractivity contribution is -0.385. The van der Waals surface area contributed by atoms with Crippen molar-refractivity contribution in [3.8, 4) is 0 Å². The average Bonchev–Trinajstić information content (AvgIpc) is 2.52. The molecular formula is C15H15N5O3S. The molecule has 0 saturated heterocycles. The molecule has 0 spiro atoms. The number of hydrazone groups is 1. The first-order chi connectivity index (χ1) is 11.5. The van der Waals surface area contributed by atoms with Crippen molar-refractivity contribution in [1.29, 1.82) is 0 Å². The molecule has 0 bridgehead atoms. The molecular weight excluding hydrogens is 330 g/mol. The van der Waals surface area contributed by atoms with E-state index in [2.05, 4.69) is 20.5 Å². The first-order valence-corrected chi connectivity index (χ1v) is 7.94. The van der Waals surface area contributed by atoms with E-state index in [1.54, 1.807) is 18.2 Å². The number of thioether (sulfide) groups is 1. The van der Waals surface area contributed by atoms with Crippen molar-refractivity contribution >= 4 is 29.6 Å². The van der Waals surface area contributed by atoms with Gasteiger partial charge >= 0.3 is 0 Å². The minimum absolute atomic E-state index is 0.0755. The van der Waals surface area contributed by atoms with E-state index in [1.165, 1.54) is 24.0 Å². The Morgan fingerprint density at radius 3 is 2.67 bits per heavy atom. The van der Waals surface area contributed by atoms with Crippen molar-refractivity contribution in [3.05, 3.63) is 57.4 Å². The lowest BCUT2D eigenvalue weighted by atomic mass is 10.2. The number of amides is 1. The molecule has 2 aromatic rings. The molecule has 0 aliphatic heterocycles. The molecule has 24 heavy (non-hydrogen) atoms. The van der Waals surface area contributed by atoms with Crippen molar-refractivity contribution in [2.45, 2.75) is 19.0 Å². The fourth-order valence-electron chi connectivity index (χ4n) is 1.86. The Kier molecular flexibility index (Phi) is 5.96. The zero-order valence-corrected chi connectivity index (χ0v) is 13.9. The minimum Gasteiger partial charge on any atom is -0.272 e. The van der Waals surface area contributed by atoms with Gasteiger partial charge in [-0.05, 0) is 26.0 Å². The second-order valence-corrected chi connectivity index (χ2v) is 5.77. The summed E-state index contributed by atoms with van der Waals surface area (Å²) in [6.45, 7) is 3.71. The Morgan fingerprint density at radius 1 is 1.33 bits per heavy atom. The Labute approximate surface area is 142 Å². The van der Waals surface area contributed by atoms with Crippen molar-refractivity contribution < 1.29 is 9.72 Å². The summed E-state index contributed by atoms with van der Waals surface area (Å²) in [5.74, 6) is -0.255. The van der Waals surface area contributed by atoms with Gasteiger partial charge in [0.25, 0.3) is 11.6 Å². The number of aryl methyl sites for hydroxylation is 2. The van der Waals surface area contributed by atoms with Crippen LogP contribution in [0.3, 0.4) is 0 Å². The summed E-state index contributed by atoms with van der Waals surface area (Å²) in [6.07, 6.45) is 1.24. The van der Waals surface area contributed by atoms with Crippen molar-refractivity contribution in [3.63, 3.8) is 0 Å². The SMILES string of the molecule is Cc1cc(C)nc(SCC(=O)N/N=C/c2ccccc2[N+](=O)[O-])n1. The summed E-state index contributed by atoms with van der Waals surface area (Å²) in [5, 5.41) is 15.1. The smallest absolute Gasteiger partial charge is 0.272 e. The predicted octanol–water partition coefficient (Wildman–Crippen LogP) is 2.24. The van der Waals surface area contributed by atoms with Crippen molar-refractivity contribution in [1.82, 2.24) is 15.4 Å². The summed E-state index contributed by atoms with van der Waals surface area (Å²) < 4.78 is 0. The fourth-order valence-corrected chi connectivity index (χ4v) is 2.60. The number of nitro benzene ring substituents is 1. The number of hydrogen-bond donors (Lipinski definition) is 1. The minimum atomic E-state index is -0.504. The molecule has 1 amide bonds. The van der Waals surface area contributed by atoms with Crippen LogP contribution in [-0.4, -0.2) is 32.8 Å².